The van der Waals surface area contributed by atoms with E-state index in [9.17, 15) is 4.79 Å². The van der Waals surface area contributed by atoms with E-state index in [0.29, 0.717) is 5.84 Å². The molecule has 1 spiro atoms. The summed E-state index contributed by atoms with van der Waals surface area (Å²) in [5, 5.41) is 11.0. The fraction of sp³-hybridized carbons (Fsp3) is 0.467. The van der Waals surface area contributed by atoms with Gasteiger partial charge in [-0.25, -0.2) is 4.79 Å². The molecule has 3 rings (SSSR count). The SMILES string of the molecule is CC(C)N1C(=O)NC(=N)C12CCCc1ccccc12. The van der Waals surface area contributed by atoms with Crippen LogP contribution in [0, 0.1) is 5.41 Å². The molecule has 2 aliphatic rings. The molecule has 1 heterocycles. The highest BCUT2D eigenvalue weighted by Gasteiger charge is 2.53. The smallest absolute Gasteiger partial charge is 0.305 e. The van der Waals surface area contributed by atoms with Gasteiger partial charge in [-0.2, -0.15) is 0 Å². The summed E-state index contributed by atoms with van der Waals surface area (Å²) in [6, 6.07) is 8.15. The van der Waals surface area contributed by atoms with E-state index in [1.807, 2.05) is 30.9 Å². The molecule has 4 nitrogen and oxygen atoms in total. The second kappa shape index (κ2) is 4.08. The van der Waals surface area contributed by atoms with Crippen LogP contribution in [0.3, 0.4) is 0 Å². The third kappa shape index (κ3) is 1.52. The van der Waals surface area contributed by atoms with Crippen molar-refractivity contribution in [3.63, 3.8) is 0 Å². The van der Waals surface area contributed by atoms with Gasteiger partial charge in [0, 0.05) is 6.04 Å². The normalized spacial score (nSPS) is 25.9. The molecule has 1 aromatic rings. The van der Waals surface area contributed by atoms with Crippen molar-refractivity contribution in [2.24, 2.45) is 0 Å². The second-order valence-corrected chi connectivity index (χ2v) is 5.64. The van der Waals surface area contributed by atoms with Crippen molar-refractivity contribution in [3.05, 3.63) is 35.4 Å². The first-order chi connectivity index (χ1) is 9.07. The molecule has 0 bridgehead atoms. The van der Waals surface area contributed by atoms with Gasteiger partial charge in [0.05, 0.1) is 0 Å². The maximum atomic E-state index is 12.2. The van der Waals surface area contributed by atoms with E-state index >= 15 is 0 Å². The van der Waals surface area contributed by atoms with E-state index < -0.39 is 5.54 Å². The predicted octanol–water partition coefficient (Wildman–Crippen LogP) is 2.63. The molecule has 1 saturated heterocycles. The summed E-state index contributed by atoms with van der Waals surface area (Å²) in [5.41, 5.74) is 1.82. The standard InChI is InChI=1S/C15H19N3O/c1-10(2)18-14(19)17-13(16)15(18)9-5-7-11-6-3-4-8-12(11)15/h3-4,6,8,10H,5,7,9H2,1-2H3,(H2,16,17,19). The summed E-state index contributed by atoms with van der Waals surface area (Å²) in [7, 11) is 0. The summed E-state index contributed by atoms with van der Waals surface area (Å²) in [5.74, 6) is 0.332. The number of nitrogens with one attached hydrogen (secondary N) is 2. The number of benzene rings is 1. The Kier molecular flexibility index (Phi) is 2.62. The largest absolute Gasteiger partial charge is 0.324 e. The van der Waals surface area contributed by atoms with Crippen LogP contribution in [0.25, 0.3) is 0 Å². The van der Waals surface area contributed by atoms with Crippen molar-refractivity contribution in [2.75, 3.05) is 0 Å². The zero-order valence-corrected chi connectivity index (χ0v) is 11.4. The lowest BCUT2D eigenvalue weighted by Gasteiger charge is -2.43. The average Bonchev–Trinajstić information content (AvgIpc) is 2.62. The fourth-order valence-corrected chi connectivity index (χ4v) is 3.56. The van der Waals surface area contributed by atoms with Crippen LogP contribution in [-0.2, 0) is 12.0 Å². The van der Waals surface area contributed by atoms with Crippen LogP contribution in [0.1, 0.15) is 37.8 Å². The quantitative estimate of drug-likeness (QED) is 0.798. The van der Waals surface area contributed by atoms with Crippen LogP contribution >= 0.6 is 0 Å². The van der Waals surface area contributed by atoms with Crippen molar-refractivity contribution in [1.29, 1.82) is 5.41 Å². The molecular weight excluding hydrogens is 238 g/mol. The Labute approximate surface area is 113 Å². The minimum atomic E-state index is -0.569. The topological polar surface area (TPSA) is 56.2 Å². The van der Waals surface area contributed by atoms with Gasteiger partial charge in [0.15, 0.2) is 0 Å². The molecule has 100 valence electrons. The maximum Gasteiger partial charge on any atom is 0.324 e. The number of hydrogen-bond acceptors (Lipinski definition) is 2. The first kappa shape index (κ1) is 12.2. The Balaban J connectivity index is 2.22. The van der Waals surface area contributed by atoms with Crippen LogP contribution in [0.2, 0.25) is 0 Å². The van der Waals surface area contributed by atoms with Gasteiger partial charge < -0.3 is 4.90 Å². The maximum absolute atomic E-state index is 12.2. The summed E-state index contributed by atoms with van der Waals surface area (Å²) in [4.78, 5) is 14.0. The number of fused-ring (bicyclic) bond motifs is 2. The molecule has 1 atom stereocenters. The van der Waals surface area contributed by atoms with Gasteiger partial charge in [-0.3, -0.25) is 10.7 Å². The van der Waals surface area contributed by atoms with Gasteiger partial charge in [0.25, 0.3) is 0 Å². The number of rotatable bonds is 1. The molecule has 4 heteroatoms. The number of carbonyl (C=O) groups is 1. The van der Waals surface area contributed by atoms with Gasteiger partial charge in [0.2, 0.25) is 0 Å². The third-order valence-corrected chi connectivity index (χ3v) is 4.24. The van der Waals surface area contributed by atoms with Gasteiger partial charge in [-0.1, -0.05) is 24.3 Å². The van der Waals surface area contributed by atoms with E-state index in [2.05, 4.69) is 17.4 Å². The lowest BCUT2D eigenvalue weighted by molar-refractivity contribution is 0.137. The molecule has 0 aromatic heterocycles. The number of nitrogens with zero attached hydrogens (tertiary/aromatic N) is 1. The van der Waals surface area contributed by atoms with E-state index in [4.69, 9.17) is 5.41 Å². The summed E-state index contributed by atoms with van der Waals surface area (Å²) in [6.45, 7) is 4.02. The fourth-order valence-electron chi connectivity index (χ4n) is 3.56. The first-order valence-electron chi connectivity index (χ1n) is 6.85. The molecule has 1 fully saturated rings. The van der Waals surface area contributed by atoms with E-state index in [1.165, 1.54) is 5.56 Å². The molecule has 1 aliphatic carbocycles. The van der Waals surface area contributed by atoms with Gasteiger partial charge in [0.1, 0.15) is 11.4 Å². The number of amidine groups is 1. The molecule has 1 unspecified atom stereocenters. The van der Waals surface area contributed by atoms with Gasteiger partial charge in [-0.15, -0.1) is 0 Å². The number of amides is 2. The zero-order chi connectivity index (χ0) is 13.6. The molecule has 1 aliphatic heterocycles. The Morgan fingerprint density at radius 1 is 1.37 bits per heavy atom. The number of aryl methyl sites for hydroxylation is 1. The molecule has 2 amide bonds. The van der Waals surface area contributed by atoms with Crippen LogP contribution in [0.15, 0.2) is 24.3 Å². The van der Waals surface area contributed by atoms with Crippen molar-refractivity contribution in [3.8, 4) is 0 Å². The minimum Gasteiger partial charge on any atom is -0.305 e. The Bertz CT molecular complexity index is 552. The molecular formula is C15H19N3O. The average molecular weight is 257 g/mol. The van der Waals surface area contributed by atoms with Crippen molar-refractivity contribution in [2.45, 2.75) is 44.7 Å². The Hall–Kier alpha value is -1.84. The van der Waals surface area contributed by atoms with Gasteiger partial charge in [-0.05, 0) is 44.2 Å². The highest BCUT2D eigenvalue weighted by Crippen LogP contribution is 2.44. The van der Waals surface area contributed by atoms with Crippen molar-refractivity contribution in [1.82, 2.24) is 10.2 Å². The van der Waals surface area contributed by atoms with Crippen LogP contribution in [0.4, 0.5) is 4.79 Å². The van der Waals surface area contributed by atoms with E-state index in [0.717, 1.165) is 24.8 Å². The van der Waals surface area contributed by atoms with Crippen LogP contribution in [-0.4, -0.2) is 22.8 Å². The summed E-state index contributed by atoms with van der Waals surface area (Å²) < 4.78 is 0. The second-order valence-electron chi connectivity index (χ2n) is 5.64. The Morgan fingerprint density at radius 3 is 2.84 bits per heavy atom. The Morgan fingerprint density at radius 2 is 2.11 bits per heavy atom. The number of carbonyl (C=O) groups excluding carboxylic acids is 1. The molecule has 19 heavy (non-hydrogen) atoms. The van der Waals surface area contributed by atoms with Gasteiger partial charge >= 0.3 is 6.03 Å². The molecule has 1 aromatic carbocycles. The van der Waals surface area contributed by atoms with Crippen molar-refractivity contribution < 1.29 is 4.79 Å². The molecule has 0 saturated carbocycles. The zero-order valence-electron chi connectivity index (χ0n) is 11.4. The highest BCUT2D eigenvalue weighted by atomic mass is 16.2. The minimum absolute atomic E-state index is 0.0778. The first-order valence-corrected chi connectivity index (χ1v) is 6.85. The predicted molar refractivity (Wildman–Crippen MR) is 74.3 cm³/mol. The van der Waals surface area contributed by atoms with Crippen LogP contribution < -0.4 is 5.32 Å². The summed E-state index contributed by atoms with van der Waals surface area (Å²) >= 11 is 0. The number of hydrogen-bond donors (Lipinski definition) is 2. The van der Waals surface area contributed by atoms with Crippen LogP contribution in [0.5, 0.6) is 0 Å². The lowest BCUT2D eigenvalue weighted by atomic mass is 9.75. The van der Waals surface area contributed by atoms with Crippen molar-refractivity contribution >= 4 is 11.9 Å². The molecule has 0 radical (unpaired) electrons. The third-order valence-electron chi connectivity index (χ3n) is 4.24. The molecule has 2 N–H and O–H groups in total. The number of urea groups is 1. The highest BCUT2D eigenvalue weighted by molar-refractivity contribution is 6.09. The summed E-state index contributed by atoms with van der Waals surface area (Å²) in [6.07, 6.45) is 2.88. The van der Waals surface area contributed by atoms with E-state index in [1.54, 1.807) is 0 Å². The van der Waals surface area contributed by atoms with E-state index in [-0.39, 0.29) is 12.1 Å². The lowest BCUT2D eigenvalue weighted by Crippen LogP contribution is -2.51. The monoisotopic (exact) mass is 257 g/mol.